The van der Waals surface area contributed by atoms with E-state index in [1.165, 1.54) is 0 Å². The van der Waals surface area contributed by atoms with Crippen LogP contribution in [0.3, 0.4) is 0 Å². The summed E-state index contributed by atoms with van der Waals surface area (Å²) in [7, 11) is 0. The molecule has 0 bridgehead atoms. The first-order chi connectivity index (χ1) is 14.4. The molecule has 3 rings (SSSR count). The van der Waals surface area contributed by atoms with Gasteiger partial charge < -0.3 is 15.0 Å². The second kappa shape index (κ2) is 9.89. The van der Waals surface area contributed by atoms with Crippen LogP contribution < -0.4 is 10.2 Å². The number of benzene rings is 2. The van der Waals surface area contributed by atoms with Gasteiger partial charge in [0.25, 0.3) is 5.91 Å². The van der Waals surface area contributed by atoms with E-state index in [0.717, 1.165) is 39.8 Å². The van der Waals surface area contributed by atoms with Crippen LogP contribution in [0.25, 0.3) is 0 Å². The minimum atomic E-state index is -0.580. The van der Waals surface area contributed by atoms with E-state index in [1.807, 2.05) is 56.3 Å². The monoisotopic (exact) mass is 472 g/mol. The van der Waals surface area contributed by atoms with Crippen molar-refractivity contribution in [3.63, 3.8) is 0 Å². The summed E-state index contributed by atoms with van der Waals surface area (Å²) in [5.41, 5.74) is 3.61. The first-order valence-corrected chi connectivity index (χ1v) is 10.8. The zero-order valence-corrected chi connectivity index (χ0v) is 18.7. The van der Waals surface area contributed by atoms with Crippen molar-refractivity contribution in [2.24, 2.45) is 5.92 Å². The second-order valence-electron chi connectivity index (χ2n) is 7.20. The quantitative estimate of drug-likeness (QED) is 0.615. The van der Waals surface area contributed by atoms with Crippen molar-refractivity contribution < 1.29 is 19.1 Å². The SMILES string of the molecule is CCc1cccc(CC)c1NC(=O)COC(=O)[C@H]1CC(=O)N(c2ccc(Br)cc2)C1. The molecule has 0 spiro atoms. The Balaban J connectivity index is 1.57. The largest absolute Gasteiger partial charge is 0.455 e. The van der Waals surface area contributed by atoms with Gasteiger partial charge >= 0.3 is 5.97 Å². The number of amides is 2. The summed E-state index contributed by atoms with van der Waals surface area (Å²) in [6.45, 7) is 3.93. The number of para-hydroxylation sites is 1. The van der Waals surface area contributed by atoms with Crippen LogP contribution in [0.5, 0.6) is 0 Å². The smallest absolute Gasteiger partial charge is 0.311 e. The molecule has 1 atom stereocenters. The number of anilines is 2. The fourth-order valence-electron chi connectivity index (χ4n) is 3.57. The lowest BCUT2D eigenvalue weighted by molar-refractivity contribution is -0.151. The number of ether oxygens (including phenoxy) is 1. The molecule has 30 heavy (non-hydrogen) atoms. The summed E-state index contributed by atoms with van der Waals surface area (Å²) >= 11 is 3.36. The molecule has 1 fully saturated rings. The van der Waals surface area contributed by atoms with E-state index in [1.54, 1.807) is 4.90 Å². The van der Waals surface area contributed by atoms with E-state index >= 15 is 0 Å². The fourth-order valence-corrected chi connectivity index (χ4v) is 3.83. The zero-order chi connectivity index (χ0) is 21.7. The van der Waals surface area contributed by atoms with Crippen LogP contribution in [0.15, 0.2) is 46.9 Å². The molecule has 0 radical (unpaired) electrons. The molecule has 6 nitrogen and oxygen atoms in total. The van der Waals surface area contributed by atoms with Crippen molar-refractivity contribution in [3.05, 3.63) is 58.1 Å². The van der Waals surface area contributed by atoms with Gasteiger partial charge in [-0.05, 0) is 48.2 Å². The van der Waals surface area contributed by atoms with Gasteiger partial charge in [-0.2, -0.15) is 0 Å². The fraction of sp³-hybridized carbons (Fsp3) is 0.348. The molecule has 1 N–H and O–H groups in total. The van der Waals surface area contributed by atoms with Gasteiger partial charge in [0, 0.05) is 28.8 Å². The van der Waals surface area contributed by atoms with Crippen LogP contribution in [0.1, 0.15) is 31.4 Å². The Bertz CT molecular complexity index is 920. The first-order valence-electron chi connectivity index (χ1n) is 10.1. The maximum atomic E-state index is 12.4. The number of aryl methyl sites for hydroxylation is 2. The Morgan fingerprint density at radius 2 is 1.73 bits per heavy atom. The molecule has 1 heterocycles. The summed E-state index contributed by atoms with van der Waals surface area (Å²) in [5.74, 6) is -1.62. The maximum Gasteiger partial charge on any atom is 0.311 e. The Hall–Kier alpha value is -2.67. The summed E-state index contributed by atoms with van der Waals surface area (Å²) < 4.78 is 6.13. The molecule has 0 unspecified atom stereocenters. The predicted octanol–water partition coefficient (Wildman–Crippen LogP) is 4.11. The van der Waals surface area contributed by atoms with Crippen molar-refractivity contribution >= 4 is 45.1 Å². The lowest BCUT2D eigenvalue weighted by atomic mass is 10.0. The number of hydrogen-bond acceptors (Lipinski definition) is 4. The van der Waals surface area contributed by atoms with Gasteiger partial charge in [-0.3, -0.25) is 14.4 Å². The van der Waals surface area contributed by atoms with Crippen LogP contribution in [0, 0.1) is 5.92 Å². The lowest BCUT2D eigenvalue weighted by Gasteiger charge is -2.17. The van der Waals surface area contributed by atoms with Gasteiger partial charge in [0.15, 0.2) is 6.61 Å². The highest BCUT2D eigenvalue weighted by Crippen LogP contribution is 2.27. The summed E-state index contributed by atoms with van der Waals surface area (Å²) in [5, 5.41) is 2.88. The number of nitrogens with zero attached hydrogens (tertiary/aromatic N) is 1. The Kier molecular flexibility index (Phi) is 7.26. The average molecular weight is 473 g/mol. The predicted molar refractivity (Wildman–Crippen MR) is 119 cm³/mol. The Morgan fingerprint density at radius 3 is 2.33 bits per heavy atom. The highest BCUT2D eigenvalue weighted by molar-refractivity contribution is 9.10. The number of rotatable bonds is 7. The number of carbonyl (C=O) groups is 3. The van der Waals surface area contributed by atoms with Gasteiger partial charge in [-0.15, -0.1) is 0 Å². The molecule has 7 heteroatoms. The molecular formula is C23H25BrN2O4. The zero-order valence-electron chi connectivity index (χ0n) is 17.1. The maximum absolute atomic E-state index is 12.4. The van der Waals surface area contributed by atoms with Crippen LogP contribution >= 0.6 is 15.9 Å². The van der Waals surface area contributed by atoms with E-state index in [9.17, 15) is 14.4 Å². The lowest BCUT2D eigenvalue weighted by Crippen LogP contribution is -2.28. The van der Waals surface area contributed by atoms with E-state index < -0.39 is 11.9 Å². The number of hydrogen-bond donors (Lipinski definition) is 1. The minimum Gasteiger partial charge on any atom is -0.455 e. The van der Waals surface area contributed by atoms with Crippen LogP contribution in [0.4, 0.5) is 11.4 Å². The molecule has 0 saturated carbocycles. The highest BCUT2D eigenvalue weighted by Gasteiger charge is 2.36. The van der Waals surface area contributed by atoms with Crippen LogP contribution in [0.2, 0.25) is 0 Å². The number of carbonyl (C=O) groups excluding carboxylic acids is 3. The normalized spacial score (nSPS) is 15.9. The average Bonchev–Trinajstić information content (AvgIpc) is 3.14. The highest BCUT2D eigenvalue weighted by atomic mass is 79.9. The topological polar surface area (TPSA) is 75.7 Å². The molecule has 1 saturated heterocycles. The molecule has 1 aliphatic heterocycles. The second-order valence-corrected chi connectivity index (χ2v) is 8.11. The third-order valence-electron chi connectivity index (χ3n) is 5.21. The molecule has 2 aromatic rings. The van der Waals surface area contributed by atoms with E-state index in [0.29, 0.717) is 0 Å². The molecule has 2 amide bonds. The molecule has 1 aliphatic rings. The summed E-state index contributed by atoms with van der Waals surface area (Å²) in [6.07, 6.45) is 1.66. The molecular weight excluding hydrogens is 448 g/mol. The van der Waals surface area contributed by atoms with E-state index in [2.05, 4.69) is 21.2 Å². The first kappa shape index (κ1) is 22.0. The van der Waals surface area contributed by atoms with Gasteiger partial charge in [-0.25, -0.2) is 0 Å². The van der Waals surface area contributed by atoms with Crippen molar-refractivity contribution in [1.82, 2.24) is 0 Å². The molecule has 2 aromatic carbocycles. The summed E-state index contributed by atoms with van der Waals surface area (Å²) in [4.78, 5) is 38.7. The van der Waals surface area contributed by atoms with Crippen molar-refractivity contribution in [2.75, 3.05) is 23.4 Å². The summed E-state index contributed by atoms with van der Waals surface area (Å²) in [6, 6.07) is 13.2. The van der Waals surface area contributed by atoms with Gasteiger partial charge in [0.05, 0.1) is 5.92 Å². The van der Waals surface area contributed by atoms with Gasteiger partial charge in [0.2, 0.25) is 5.91 Å². The van der Waals surface area contributed by atoms with Crippen molar-refractivity contribution in [3.8, 4) is 0 Å². The molecule has 158 valence electrons. The van der Waals surface area contributed by atoms with Crippen LogP contribution in [-0.2, 0) is 32.0 Å². The van der Waals surface area contributed by atoms with Crippen LogP contribution in [-0.4, -0.2) is 30.9 Å². The molecule has 0 aromatic heterocycles. The molecule has 0 aliphatic carbocycles. The van der Waals surface area contributed by atoms with E-state index in [4.69, 9.17) is 4.74 Å². The van der Waals surface area contributed by atoms with Crippen molar-refractivity contribution in [2.45, 2.75) is 33.1 Å². The minimum absolute atomic E-state index is 0.0785. The number of halogens is 1. The Labute approximate surface area is 184 Å². The van der Waals surface area contributed by atoms with E-state index in [-0.39, 0.29) is 31.4 Å². The Morgan fingerprint density at radius 1 is 1.10 bits per heavy atom. The third-order valence-corrected chi connectivity index (χ3v) is 5.73. The van der Waals surface area contributed by atoms with Crippen molar-refractivity contribution in [1.29, 1.82) is 0 Å². The third kappa shape index (κ3) is 5.08. The number of esters is 1. The standard InChI is InChI=1S/C23H25BrN2O4/c1-3-15-6-5-7-16(4-2)22(15)25-20(27)14-30-23(29)17-12-21(28)26(13-17)19-10-8-18(24)9-11-19/h5-11,17H,3-4,12-14H2,1-2H3,(H,25,27)/t17-/m0/s1. The van der Waals surface area contributed by atoms with Gasteiger partial charge in [-0.1, -0.05) is 48.0 Å². The number of nitrogens with one attached hydrogen (secondary N) is 1. The van der Waals surface area contributed by atoms with Gasteiger partial charge in [0.1, 0.15) is 0 Å².